The summed E-state index contributed by atoms with van der Waals surface area (Å²) in [5.74, 6) is 0.674. The summed E-state index contributed by atoms with van der Waals surface area (Å²) in [5, 5.41) is 7.50. The maximum atomic E-state index is 12.8. The lowest BCUT2D eigenvalue weighted by atomic mass is 9.96. The van der Waals surface area contributed by atoms with Crippen LogP contribution in [0.15, 0.2) is 67.0 Å². The van der Waals surface area contributed by atoms with E-state index in [-0.39, 0.29) is 17.9 Å². The lowest BCUT2D eigenvalue weighted by molar-refractivity contribution is -0.126. The van der Waals surface area contributed by atoms with Crippen LogP contribution in [0, 0.1) is 5.92 Å². The van der Waals surface area contributed by atoms with Gasteiger partial charge in [-0.1, -0.05) is 30.3 Å². The van der Waals surface area contributed by atoms with Crippen molar-refractivity contribution in [1.29, 1.82) is 0 Å². The standard InChI is InChI=1S/C23H25N3O3/c1-28-20-9-7-17(8-10-20)11-13-24-23(27)21-12-14-29-22(21)18-15-25-26(16-18)19-5-3-2-4-6-19/h2-10,15-16,21-22H,11-14H2,1H3,(H,24,27)/t21-,22+/m0/s1. The molecule has 0 unspecified atom stereocenters. The third-order valence-corrected chi connectivity index (χ3v) is 5.25. The monoisotopic (exact) mass is 391 g/mol. The Labute approximate surface area is 170 Å². The second kappa shape index (κ2) is 8.92. The molecule has 1 amide bonds. The fraction of sp³-hybridized carbons (Fsp3) is 0.304. The van der Waals surface area contributed by atoms with Gasteiger partial charge in [0.15, 0.2) is 0 Å². The zero-order valence-electron chi connectivity index (χ0n) is 16.5. The smallest absolute Gasteiger partial charge is 0.226 e. The van der Waals surface area contributed by atoms with Crippen molar-refractivity contribution in [2.45, 2.75) is 18.9 Å². The molecule has 0 aliphatic carbocycles. The predicted molar refractivity (Wildman–Crippen MR) is 110 cm³/mol. The Morgan fingerprint density at radius 1 is 1.21 bits per heavy atom. The van der Waals surface area contributed by atoms with E-state index in [0.717, 1.165) is 35.4 Å². The number of hydrogen-bond donors (Lipinski definition) is 1. The molecule has 3 aromatic rings. The van der Waals surface area contributed by atoms with Gasteiger partial charge in [-0.15, -0.1) is 0 Å². The molecule has 29 heavy (non-hydrogen) atoms. The average Bonchev–Trinajstić information content (AvgIpc) is 3.44. The molecule has 2 heterocycles. The lowest BCUT2D eigenvalue weighted by Crippen LogP contribution is -2.33. The van der Waals surface area contributed by atoms with Crippen LogP contribution in [0.25, 0.3) is 5.69 Å². The fourth-order valence-corrected chi connectivity index (χ4v) is 3.65. The summed E-state index contributed by atoms with van der Waals surface area (Å²) in [6, 6.07) is 17.8. The summed E-state index contributed by atoms with van der Waals surface area (Å²) in [6.45, 7) is 1.18. The number of hydrogen-bond acceptors (Lipinski definition) is 4. The molecule has 150 valence electrons. The number of nitrogens with one attached hydrogen (secondary N) is 1. The molecule has 0 spiro atoms. The third-order valence-electron chi connectivity index (χ3n) is 5.25. The van der Waals surface area contributed by atoms with Gasteiger partial charge in [-0.05, 0) is 42.7 Å². The topological polar surface area (TPSA) is 65.4 Å². The zero-order valence-corrected chi connectivity index (χ0v) is 16.5. The van der Waals surface area contributed by atoms with Crippen molar-refractivity contribution in [2.24, 2.45) is 5.92 Å². The van der Waals surface area contributed by atoms with Crippen LogP contribution in [0.2, 0.25) is 0 Å². The number of amides is 1. The zero-order chi connectivity index (χ0) is 20.1. The van der Waals surface area contributed by atoms with Crippen molar-refractivity contribution >= 4 is 5.91 Å². The van der Waals surface area contributed by atoms with Gasteiger partial charge < -0.3 is 14.8 Å². The Kier molecular flexibility index (Phi) is 5.91. The summed E-state index contributed by atoms with van der Waals surface area (Å²) in [4.78, 5) is 12.8. The molecule has 2 atom stereocenters. The van der Waals surface area contributed by atoms with E-state index < -0.39 is 0 Å². The van der Waals surface area contributed by atoms with Gasteiger partial charge in [0.2, 0.25) is 5.91 Å². The summed E-state index contributed by atoms with van der Waals surface area (Å²) in [7, 11) is 1.65. The van der Waals surface area contributed by atoms with Crippen LogP contribution in [0.4, 0.5) is 0 Å². The van der Waals surface area contributed by atoms with Crippen molar-refractivity contribution < 1.29 is 14.3 Å². The van der Waals surface area contributed by atoms with Crippen LogP contribution >= 0.6 is 0 Å². The number of rotatable bonds is 7. The lowest BCUT2D eigenvalue weighted by Gasteiger charge is -2.17. The molecule has 1 N–H and O–H groups in total. The van der Waals surface area contributed by atoms with Crippen LogP contribution in [0.1, 0.15) is 23.7 Å². The van der Waals surface area contributed by atoms with E-state index in [1.54, 1.807) is 13.3 Å². The Bertz CT molecular complexity index is 938. The van der Waals surface area contributed by atoms with Gasteiger partial charge in [0.25, 0.3) is 0 Å². The number of carbonyl (C=O) groups excluding carboxylic acids is 1. The normalized spacial score (nSPS) is 18.5. The first-order valence-electron chi connectivity index (χ1n) is 9.87. The molecular formula is C23H25N3O3. The molecule has 1 aliphatic rings. The molecule has 1 saturated heterocycles. The van der Waals surface area contributed by atoms with Crippen LogP contribution in [0.3, 0.4) is 0 Å². The minimum Gasteiger partial charge on any atom is -0.497 e. The number of methoxy groups -OCH3 is 1. The fourth-order valence-electron chi connectivity index (χ4n) is 3.65. The number of nitrogens with zero attached hydrogens (tertiary/aromatic N) is 2. The van der Waals surface area contributed by atoms with E-state index >= 15 is 0 Å². The first kappa shape index (κ1) is 19.2. The van der Waals surface area contributed by atoms with Crippen molar-refractivity contribution in [3.05, 3.63) is 78.1 Å². The van der Waals surface area contributed by atoms with E-state index in [1.165, 1.54) is 0 Å². The Hall–Kier alpha value is -3.12. The number of para-hydroxylation sites is 1. The maximum absolute atomic E-state index is 12.8. The third kappa shape index (κ3) is 4.49. The average molecular weight is 391 g/mol. The molecule has 6 heteroatoms. The van der Waals surface area contributed by atoms with Gasteiger partial charge in [0.05, 0.1) is 31.0 Å². The van der Waals surface area contributed by atoms with Crippen molar-refractivity contribution in [3.63, 3.8) is 0 Å². The largest absolute Gasteiger partial charge is 0.497 e. The number of carbonyl (C=O) groups is 1. The molecule has 1 aromatic heterocycles. The van der Waals surface area contributed by atoms with Crippen LogP contribution in [-0.4, -0.2) is 35.9 Å². The second-order valence-electron chi connectivity index (χ2n) is 7.13. The van der Waals surface area contributed by atoms with Crippen molar-refractivity contribution in [1.82, 2.24) is 15.1 Å². The summed E-state index contributed by atoms with van der Waals surface area (Å²) in [5.41, 5.74) is 3.08. The van der Waals surface area contributed by atoms with Gasteiger partial charge in [-0.3, -0.25) is 4.79 Å². The summed E-state index contributed by atoms with van der Waals surface area (Å²) < 4.78 is 12.9. The van der Waals surface area contributed by atoms with Gasteiger partial charge in [-0.25, -0.2) is 4.68 Å². The molecule has 4 rings (SSSR count). The minimum absolute atomic E-state index is 0.0356. The van der Waals surface area contributed by atoms with E-state index in [4.69, 9.17) is 9.47 Å². The quantitative estimate of drug-likeness (QED) is 0.671. The van der Waals surface area contributed by atoms with Gasteiger partial charge in [0, 0.05) is 24.9 Å². The molecule has 1 fully saturated rings. The van der Waals surface area contributed by atoms with Gasteiger partial charge in [-0.2, -0.15) is 5.10 Å². The number of benzene rings is 2. The molecule has 1 aliphatic heterocycles. The predicted octanol–water partition coefficient (Wildman–Crippen LogP) is 3.32. The van der Waals surface area contributed by atoms with E-state index in [1.807, 2.05) is 65.5 Å². The molecule has 2 aromatic carbocycles. The highest BCUT2D eigenvalue weighted by molar-refractivity contribution is 5.79. The van der Waals surface area contributed by atoms with E-state index in [0.29, 0.717) is 13.2 Å². The second-order valence-corrected chi connectivity index (χ2v) is 7.13. The first-order chi connectivity index (χ1) is 14.2. The number of aromatic nitrogens is 2. The van der Waals surface area contributed by atoms with Crippen LogP contribution in [-0.2, 0) is 16.0 Å². The Balaban J connectivity index is 1.35. The molecular weight excluding hydrogens is 366 g/mol. The Morgan fingerprint density at radius 2 is 2.00 bits per heavy atom. The van der Waals surface area contributed by atoms with Crippen molar-refractivity contribution in [3.8, 4) is 11.4 Å². The Morgan fingerprint density at radius 3 is 2.76 bits per heavy atom. The minimum atomic E-state index is -0.256. The summed E-state index contributed by atoms with van der Waals surface area (Å²) in [6.07, 6.45) is 4.98. The highest BCUT2D eigenvalue weighted by atomic mass is 16.5. The highest BCUT2D eigenvalue weighted by Crippen LogP contribution is 2.34. The SMILES string of the molecule is COc1ccc(CCNC(=O)[C@H]2CCO[C@@H]2c2cnn(-c3ccccc3)c2)cc1. The van der Waals surface area contributed by atoms with E-state index in [9.17, 15) is 4.79 Å². The van der Waals surface area contributed by atoms with Crippen LogP contribution < -0.4 is 10.1 Å². The molecule has 0 radical (unpaired) electrons. The molecule has 0 bridgehead atoms. The first-order valence-corrected chi connectivity index (χ1v) is 9.87. The highest BCUT2D eigenvalue weighted by Gasteiger charge is 2.35. The van der Waals surface area contributed by atoms with Crippen molar-refractivity contribution in [2.75, 3.05) is 20.3 Å². The summed E-state index contributed by atoms with van der Waals surface area (Å²) >= 11 is 0. The van der Waals surface area contributed by atoms with Crippen LogP contribution in [0.5, 0.6) is 5.75 Å². The van der Waals surface area contributed by atoms with Gasteiger partial charge >= 0.3 is 0 Å². The number of ether oxygens (including phenoxy) is 2. The molecule has 6 nitrogen and oxygen atoms in total. The maximum Gasteiger partial charge on any atom is 0.226 e. The van der Waals surface area contributed by atoms with Gasteiger partial charge in [0.1, 0.15) is 5.75 Å². The molecule has 0 saturated carbocycles. The van der Waals surface area contributed by atoms with E-state index in [2.05, 4.69) is 10.4 Å².